The van der Waals surface area contributed by atoms with Crippen molar-refractivity contribution in [1.29, 1.82) is 0 Å². The van der Waals surface area contributed by atoms with Crippen molar-refractivity contribution in [3.63, 3.8) is 0 Å². The maximum atomic E-state index is 13.2. The molecule has 0 spiro atoms. The summed E-state index contributed by atoms with van der Waals surface area (Å²) in [5.74, 6) is -0.663. The van der Waals surface area contributed by atoms with E-state index < -0.39 is 24.1 Å². The number of aliphatic imine (C=N–C) groups is 1. The molecule has 0 bridgehead atoms. The van der Waals surface area contributed by atoms with Crippen LogP contribution in [0.2, 0.25) is 5.02 Å². The van der Waals surface area contributed by atoms with Crippen molar-refractivity contribution in [2.24, 2.45) is 4.99 Å². The zero-order valence-electron chi connectivity index (χ0n) is 34.8. The largest absolute Gasteiger partial charge is 0.573 e. The highest BCUT2D eigenvalue weighted by molar-refractivity contribution is 7.15. The second-order valence-corrected chi connectivity index (χ2v) is 17.0. The van der Waals surface area contributed by atoms with Gasteiger partial charge in [0.25, 0.3) is 5.91 Å². The van der Waals surface area contributed by atoms with Gasteiger partial charge in [-0.25, -0.2) is 0 Å². The van der Waals surface area contributed by atoms with Gasteiger partial charge in [0, 0.05) is 34.1 Å². The molecule has 3 N–H and O–H groups in total. The molecule has 0 radical (unpaired) electrons. The second kappa shape index (κ2) is 20.7. The van der Waals surface area contributed by atoms with Crippen LogP contribution in [0.25, 0.3) is 15.6 Å². The van der Waals surface area contributed by atoms with Crippen LogP contribution in [0, 0.1) is 20.8 Å². The summed E-state index contributed by atoms with van der Waals surface area (Å²) in [6, 6.07) is 17.3. The molecule has 6 aromatic rings. The van der Waals surface area contributed by atoms with E-state index in [-0.39, 0.29) is 76.4 Å². The lowest BCUT2D eigenvalue weighted by molar-refractivity contribution is -0.274. The molecular formula is C43H43ClF3N9O6S2. The van der Waals surface area contributed by atoms with E-state index >= 15 is 0 Å². The smallest absolute Gasteiger partial charge is 0.405 e. The SMILES string of the molecule is Cc1sc2c(c1C)C(c1ccc(Cl)cc1)=N[C@@H](CC(=O)NCCOCCOCCNC(=O)Cn1nc(CNC(=O)c3ccccc3OC(F)(F)F)cc1-c1cccs1)c1nnc(C)n1-2. The number of carbonyl (C=O) groups is 3. The van der Waals surface area contributed by atoms with Crippen LogP contribution < -0.4 is 20.7 Å². The van der Waals surface area contributed by atoms with Crippen molar-refractivity contribution in [2.45, 2.75) is 52.7 Å². The fourth-order valence-electron chi connectivity index (χ4n) is 6.85. The molecule has 1 atom stereocenters. The number of para-hydroxylation sites is 1. The van der Waals surface area contributed by atoms with Gasteiger partial charge in [0.2, 0.25) is 11.8 Å². The van der Waals surface area contributed by atoms with Gasteiger partial charge in [-0.2, -0.15) is 5.10 Å². The number of thiophene rings is 2. The Morgan fingerprint density at radius 2 is 1.59 bits per heavy atom. The molecule has 1 aliphatic heterocycles. The number of ether oxygens (including phenoxy) is 3. The zero-order chi connectivity index (χ0) is 45.4. The lowest BCUT2D eigenvalue weighted by atomic mass is 9.99. The predicted octanol–water partition coefficient (Wildman–Crippen LogP) is 6.91. The van der Waals surface area contributed by atoms with Gasteiger partial charge in [0.15, 0.2) is 5.82 Å². The number of alkyl halides is 3. The fourth-order valence-corrected chi connectivity index (χ4v) is 8.94. The summed E-state index contributed by atoms with van der Waals surface area (Å²) < 4.78 is 57.4. The molecule has 0 fully saturated rings. The number of aromatic nitrogens is 5. The average Bonchev–Trinajstić information content (AvgIpc) is 4.05. The van der Waals surface area contributed by atoms with E-state index in [9.17, 15) is 27.6 Å². The molecule has 1 aliphatic rings. The molecule has 21 heteroatoms. The third-order valence-corrected chi connectivity index (χ3v) is 12.3. The minimum Gasteiger partial charge on any atom is -0.405 e. The van der Waals surface area contributed by atoms with E-state index in [2.05, 4.69) is 49.8 Å². The number of hydrogen-bond acceptors (Lipinski definition) is 12. The lowest BCUT2D eigenvalue weighted by Crippen LogP contribution is -2.31. The van der Waals surface area contributed by atoms with Crippen LogP contribution in [0.5, 0.6) is 5.75 Å². The minimum absolute atomic E-state index is 0.0504. The highest BCUT2D eigenvalue weighted by Crippen LogP contribution is 2.39. The Balaban J connectivity index is 0.829. The van der Waals surface area contributed by atoms with Crippen molar-refractivity contribution in [2.75, 3.05) is 39.5 Å². The number of nitrogens with one attached hydrogen (secondary N) is 3. The molecule has 336 valence electrons. The first-order valence-corrected chi connectivity index (χ1v) is 22.1. The Morgan fingerprint density at radius 3 is 2.30 bits per heavy atom. The number of halogens is 4. The molecule has 0 unspecified atom stereocenters. The summed E-state index contributed by atoms with van der Waals surface area (Å²) in [5.41, 5.74) is 4.47. The quantitative estimate of drug-likeness (QED) is 0.0729. The van der Waals surface area contributed by atoms with Crippen LogP contribution in [0.15, 0.2) is 77.1 Å². The van der Waals surface area contributed by atoms with Gasteiger partial charge in [0.05, 0.1) is 66.9 Å². The maximum Gasteiger partial charge on any atom is 0.573 e. The van der Waals surface area contributed by atoms with Crippen LogP contribution in [-0.4, -0.2) is 93.9 Å². The van der Waals surface area contributed by atoms with Gasteiger partial charge in [-0.3, -0.25) is 28.6 Å². The van der Waals surface area contributed by atoms with Gasteiger partial charge in [-0.05, 0) is 68.1 Å². The molecule has 2 aromatic carbocycles. The first-order chi connectivity index (χ1) is 30.8. The number of hydrogen-bond donors (Lipinski definition) is 3. The summed E-state index contributed by atoms with van der Waals surface area (Å²) in [6.45, 7) is 7.27. The van der Waals surface area contributed by atoms with Crippen molar-refractivity contribution in [3.05, 3.63) is 122 Å². The molecule has 0 saturated heterocycles. The van der Waals surface area contributed by atoms with Gasteiger partial charge < -0.3 is 30.2 Å². The monoisotopic (exact) mass is 937 g/mol. The van der Waals surface area contributed by atoms with Gasteiger partial charge >= 0.3 is 6.36 Å². The number of rotatable bonds is 19. The topological polar surface area (TPSA) is 176 Å². The van der Waals surface area contributed by atoms with E-state index in [0.29, 0.717) is 28.1 Å². The molecule has 5 heterocycles. The van der Waals surface area contributed by atoms with E-state index in [0.717, 1.165) is 43.2 Å². The van der Waals surface area contributed by atoms with E-state index in [1.165, 1.54) is 34.2 Å². The summed E-state index contributed by atoms with van der Waals surface area (Å²) in [7, 11) is 0. The molecule has 0 saturated carbocycles. The van der Waals surface area contributed by atoms with Crippen LogP contribution in [0.4, 0.5) is 13.2 Å². The normalized spacial score (nSPS) is 13.4. The molecule has 3 amide bonds. The van der Waals surface area contributed by atoms with Crippen molar-refractivity contribution in [3.8, 4) is 21.3 Å². The molecule has 4 aromatic heterocycles. The number of carbonyl (C=O) groups excluding carboxylic acids is 3. The van der Waals surface area contributed by atoms with Crippen LogP contribution in [0.1, 0.15) is 61.7 Å². The zero-order valence-corrected chi connectivity index (χ0v) is 37.2. The Morgan fingerprint density at radius 1 is 0.875 bits per heavy atom. The highest BCUT2D eigenvalue weighted by atomic mass is 35.5. The summed E-state index contributed by atoms with van der Waals surface area (Å²) in [5, 5.41) is 25.0. The maximum absolute atomic E-state index is 13.2. The highest BCUT2D eigenvalue weighted by Gasteiger charge is 2.34. The minimum atomic E-state index is -4.96. The Kier molecular flexibility index (Phi) is 14.9. The molecule has 7 rings (SSSR count). The van der Waals surface area contributed by atoms with Gasteiger partial charge in [-0.1, -0.05) is 41.9 Å². The first-order valence-electron chi connectivity index (χ1n) is 20.0. The average molecular weight is 938 g/mol. The van der Waals surface area contributed by atoms with E-state index in [1.807, 2.05) is 53.3 Å². The Labute approximate surface area is 378 Å². The third-order valence-electron chi connectivity index (χ3n) is 9.93. The summed E-state index contributed by atoms with van der Waals surface area (Å²) >= 11 is 9.29. The van der Waals surface area contributed by atoms with Crippen molar-refractivity contribution < 1.29 is 41.8 Å². The predicted molar refractivity (Wildman–Crippen MR) is 235 cm³/mol. The Bertz CT molecular complexity index is 2630. The van der Waals surface area contributed by atoms with E-state index in [4.69, 9.17) is 26.1 Å². The third kappa shape index (κ3) is 11.4. The number of amides is 3. The second-order valence-electron chi connectivity index (χ2n) is 14.4. The van der Waals surface area contributed by atoms with Gasteiger partial charge in [-0.15, -0.1) is 46.0 Å². The van der Waals surface area contributed by atoms with E-state index in [1.54, 1.807) is 17.4 Å². The molecule has 15 nitrogen and oxygen atoms in total. The number of benzene rings is 2. The Hall–Kier alpha value is -5.93. The molecule has 64 heavy (non-hydrogen) atoms. The summed E-state index contributed by atoms with van der Waals surface area (Å²) in [4.78, 5) is 46.0. The van der Waals surface area contributed by atoms with Crippen molar-refractivity contribution >= 4 is 57.7 Å². The molecule has 0 aliphatic carbocycles. The molecular weight excluding hydrogens is 895 g/mol. The first kappa shape index (κ1) is 46.1. The van der Waals surface area contributed by atoms with Crippen LogP contribution >= 0.6 is 34.3 Å². The lowest BCUT2D eigenvalue weighted by Gasteiger charge is -2.13. The fraction of sp³-hybridized carbons (Fsp3) is 0.326. The van der Waals surface area contributed by atoms with Gasteiger partial charge in [0.1, 0.15) is 29.2 Å². The van der Waals surface area contributed by atoms with Crippen LogP contribution in [-0.2, 0) is 32.2 Å². The van der Waals surface area contributed by atoms with Crippen LogP contribution in [0.3, 0.4) is 0 Å². The number of fused-ring (bicyclic) bond motifs is 3. The standard InChI is InChI=1S/C43H43ClF3N9O6S2/c1-25-26(2)64-42-38(25)39(28-10-12-29(44)13-11-28)51-32(40-53-52-27(3)56(40)42)22-36(57)48-14-16-60-18-19-61-17-15-49-37(58)24-55-33(35-9-6-20-63-35)21-30(54-55)23-50-41(59)31-7-4-5-8-34(31)62-43(45,46)47/h4-13,20-21,32H,14-19,22-24H2,1-3H3,(H,48,57)(H,49,58)(H,50,59)/t32-/m0/s1. The van der Waals surface area contributed by atoms with Crippen molar-refractivity contribution in [1.82, 2.24) is 40.5 Å². The summed E-state index contributed by atoms with van der Waals surface area (Å²) in [6.07, 6.45) is -4.91. The number of aryl methyl sites for hydroxylation is 2. The number of nitrogens with zero attached hydrogens (tertiary/aromatic N) is 6.